The predicted octanol–water partition coefficient (Wildman–Crippen LogP) is 2.65. The van der Waals surface area contributed by atoms with E-state index in [2.05, 4.69) is 4.98 Å². The van der Waals surface area contributed by atoms with Gasteiger partial charge in [-0.05, 0) is 40.7 Å². The molecule has 3 rings (SSSR count). The molecule has 1 aliphatic heterocycles. The van der Waals surface area contributed by atoms with Crippen LogP contribution in [0.4, 0.5) is 0 Å². The molecule has 10 heteroatoms. The average molecular weight is 490 g/mol. The lowest BCUT2D eigenvalue weighted by Gasteiger charge is -2.32. The van der Waals surface area contributed by atoms with E-state index in [9.17, 15) is 9.59 Å². The van der Waals surface area contributed by atoms with Crippen molar-refractivity contribution >= 4 is 59.8 Å². The first-order valence-corrected chi connectivity index (χ1v) is 11.5. The van der Waals surface area contributed by atoms with E-state index < -0.39 is 24.3 Å². The summed E-state index contributed by atoms with van der Waals surface area (Å²) in [6, 6.07) is 1.66. The number of halogens is 1. The van der Waals surface area contributed by atoms with E-state index in [0.717, 1.165) is 0 Å². The third kappa shape index (κ3) is 3.10. The molecule has 0 aliphatic carbocycles. The first-order valence-electron chi connectivity index (χ1n) is 8.22. The Morgan fingerprint density at radius 3 is 2.50 bits per heavy atom. The van der Waals surface area contributed by atoms with Gasteiger partial charge in [0, 0.05) is 47.4 Å². The Balaban J connectivity index is 2.19. The SMILES string of the molecule is CCOC(=O)c1cc2c(B3OC(C)(C)C(C)(C)O3)c[nH]c(=O)c2n1SI. The molecule has 3 heterocycles. The number of ether oxygens (including phenoxy) is 1. The molecule has 0 amide bonds. The van der Waals surface area contributed by atoms with Gasteiger partial charge in [0.2, 0.25) is 0 Å². The van der Waals surface area contributed by atoms with Crippen LogP contribution in [0.15, 0.2) is 17.1 Å². The van der Waals surface area contributed by atoms with Crippen LogP contribution in [0.2, 0.25) is 0 Å². The largest absolute Gasteiger partial charge is 0.497 e. The Kier molecular flexibility index (Phi) is 5.23. The van der Waals surface area contributed by atoms with Crippen LogP contribution in [0.3, 0.4) is 0 Å². The second-order valence-electron chi connectivity index (χ2n) is 7.04. The number of nitrogens with one attached hydrogen (secondary N) is 1. The topological polar surface area (TPSA) is 82.6 Å². The Hall–Kier alpha value is -0.975. The van der Waals surface area contributed by atoms with Crippen LogP contribution >= 0.6 is 30.3 Å². The Bertz CT molecular complexity index is 907. The van der Waals surface area contributed by atoms with Crippen molar-refractivity contribution in [1.29, 1.82) is 0 Å². The number of fused-ring (bicyclic) bond motifs is 1. The van der Waals surface area contributed by atoms with Crippen molar-refractivity contribution in [3.05, 3.63) is 28.3 Å². The number of aromatic amines is 1. The zero-order chi connectivity index (χ0) is 19.3. The highest BCUT2D eigenvalue weighted by Gasteiger charge is 2.52. The van der Waals surface area contributed by atoms with Gasteiger partial charge in [0.15, 0.2) is 0 Å². The standard InChI is InChI=1S/C16H20BIN2O5S/c1-6-23-14(22)11-7-9-10(8-19-13(21)12(9)20(11)26-18)17-24-15(2,3)16(4,5)25-17/h7-8H,6H2,1-5H3,(H,19,21). The number of aromatic nitrogens is 2. The minimum absolute atomic E-state index is 0.257. The molecule has 0 radical (unpaired) electrons. The van der Waals surface area contributed by atoms with Crippen molar-refractivity contribution in [2.24, 2.45) is 0 Å². The minimum atomic E-state index is -0.649. The molecule has 26 heavy (non-hydrogen) atoms. The van der Waals surface area contributed by atoms with E-state index in [4.69, 9.17) is 14.0 Å². The Morgan fingerprint density at radius 2 is 1.96 bits per heavy atom. The molecule has 140 valence electrons. The van der Waals surface area contributed by atoms with Gasteiger partial charge in [-0.15, -0.1) is 0 Å². The lowest BCUT2D eigenvalue weighted by Crippen LogP contribution is -2.41. The smallest absolute Gasteiger partial charge is 0.461 e. The van der Waals surface area contributed by atoms with Crippen molar-refractivity contribution < 1.29 is 18.8 Å². The van der Waals surface area contributed by atoms with E-state index in [-0.39, 0.29) is 12.2 Å². The Morgan fingerprint density at radius 1 is 1.35 bits per heavy atom. The lowest BCUT2D eigenvalue weighted by molar-refractivity contribution is 0.00578. The summed E-state index contributed by atoms with van der Waals surface area (Å²) in [5, 5.41) is 0.611. The maximum absolute atomic E-state index is 12.4. The fraction of sp³-hybridized carbons (Fsp3) is 0.500. The third-order valence-electron chi connectivity index (χ3n) is 4.90. The molecule has 0 aromatic carbocycles. The molecular weight excluding hydrogens is 470 g/mol. The van der Waals surface area contributed by atoms with Crippen LogP contribution < -0.4 is 11.0 Å². The highest BCUT2D eigenvalue weighted by Crippen LogP contribution is 2.37. The monoisotopic (exact) mass is 490 g/mol. The summed E-state index contributed by atoms with van der Waals surface area (Å²) in [7, 11) is 0.586. The molecule has 7 nitrogen and oxygen atoms in total. The molecule has 2 aromatic rings. The summed E-state index contributed by atoms with van der Waals surface area (Å²) >= 11 is 2.03. The molecule has 0 saturated carbocycles. The molecule has 1 aliphatic rings. The number of carbonyl (C=O) groups excluding carboxylic acids is 1. The Labute approximate surface area is 168 Å². The number of rotatable bonds is 4. The zero-order valence-corrected chi connectivity index (χ0v) is 18.2. The average Bonchev–Trinajstić information content (AvgIpc) is 3.03. The van der Waals surface area contributed by atoms with Gasteiger partial charge in [-0.2, -0.15) is 0 Å². The van der Waals surface area contributed by atoms with Crippen molar-refractivity contribution in [3.63, 3.8) is 0 Å². The number of hydrogen-bond donors (Lipinski definition) is 1. The third-order valence-corrected chi connectivity index (χ3v) is 6.60. The molecule has 0 spiro atoms. The number of carbonyl (C=O) groups is 1. The van der Waals surface area contributed by atoms with E-state index >= 15 is 0 Å². The first kappa shape index (κ1) is 19.8. The van der Waals surface area contributed by atoms with Gasteiger partial charge >= 0.3 is 13.1 Å². The molecule has 0 unspecified atom stereocenters. The van der Waals surface area contributed by atoms with Gasteiger partial charge in [0.25, 0.3) is 5.56 Å². The quantitative estimate of drug-likeness (QED) is 0.404. The molecular formula is C16H20BIN2O5S. The fourth-order valence-corrected chi connectivity index (χ4v) is 4.48. The van der Waals surface area contributed by atoms with Crippen molar-refractivity contribution in [1.82, 2.24) is 8.96 Å². The van der Waals surface area contributed by atoms with Crippen LogP contribution in [0.25, 0.3) is 10.9 Å². The zero-order valence-electron chi connectivity index (χ0n) is 15.2. The fourth-order valence-electron chi connectivity index (χ4n) is 2.80. The summed E-state index contributed by atoms with van der Waals surface area (Å²) in [4.78, 5) is 27.5. The summed E-state index contributed by atoms with van der Waals surface area (Å²) < 4.78 is 18.9. The van der Waals surface area contributed by atoms with Crippen LogP contribution in [0.5, 0.6) is 0 Å². The maximum atomic E-state index is 12.4. The summed E-state index contributed by atoms with van der Waals surface area (Å²) in [5.74, 6) is -0.480. The van der Waals surface area contributed by atoms with Crippen molar-refractivity contribution in [2.45, 2.75) is 45.8 Å². The number of esters is 1. The number of pyridine rings is 1. The molecule has 1 fully saturated rings. The van der Waals surface area contributed by atoms with E-state index in [1.54, 1.807) is 23.2 Å². The highest BCUT2D eigenvalue weighted by molar-refractivity contribution is 14.2. The van der Waals surface area contributed by atoms with Crippen LogP contribution in [-0.4, -0.2) is 39.9 Å². The van der Waals surface area contributed by atoms with Gasteiger partial charge in [-0.25, -0.2) is 4.79 Å². The van der Waals surface area contributed by atoms with Crippen molar-refractivity contribution in [2.75, 3.05) is 6.61 Å². The first-order chi connectivity index (χ1) is 12.1. The molecule has 0 bridgehead atoms. The lowest BCUT2D eigenvalue weighted by atomic mass is 9.78. The normalized spacial score (nSPS) is 18.5. The van der Waals surface area contributed by atoms with Gasteiger partial charge in [0.05, 0.1) is 17.8 Å². The van der Waals surface area contributed by atoms with Gasteiger partial charge in [0.1, 0.15) is 11.2 Å². The second-order valence-corrected chi connectivity index (χ2v) is 8.72. The highest BCUT2D eigenvalue weighted by atomic mass is 127. The summed E-state index contributed by atoms with van der Waals surface area (Å²) in [6.45, 7) is 9.85. The van der Waals surface area contributed by atoms with Crippen LogP contribution in [-0.2, 0) is 14.0 Å². The van der Waals surface area contributed by atoms with Crippen LogP contribution in [0.1, 0.15) is 45.1 Å². The molecule has 0 atom stereocenters. The van der Waals surface area contributed by atoms with Crippen molar-refractivity contribution in [3.8, 4) is 0 Å². The predicted molar refractivity (Wildman–Crippen MR) is 111 cm³/mol. The number of hydrogen-bond acceptors (Lipinski definition) is 6. The van der Waals surface area contributed by atoms with Gasteiger partial charge in [-0.3, -0.25) is 8.77 Å². The van der Waals surface area contributed by atoms with Crippen LogP contribution in [0, 0.1) is 0 Å². The molecule has 2 aromatic heterocycles. The molecule has 1 N–H and O–H groups in total. The van der Waals surface area contributed by atoms with E-state index in [1.165, 1.54) is 9.12 Å². The molecule has 1 saturated heterocycles. The van der Waals surface area contributed by atoms with E-state index in [1.807, 2.05) is 48.9 Å². The number of H-pyrrole nitrogens is 1. The maximum Gasteiger partial charge on any atom is 0.497 e. The minimum Gasteiger partial charge on any atom is -0.461 e. The number of nitrogens with zero attached hydrogens (tertiary/aromatic N) is 1. The summed E-state index contributed by atoms with van der Waals surface area (Å²) in [5.41, 5.74) is 0.0402. The van der Waals surface area contributed by atoms with E-state index in [0.29, 0.717) is 22.1 Å². The summed E-state index contributed by atoms with van der Waals surface area (Å²) in [6.07, 6.45) is 1.59. The van der Waals surface area contributed by atoms with Gasteiger partial charge < -0.3 is 19.0 Å². The second kappa shape index (κ2) is 6.88. The van der Waals surface area contributed by atoms with Gasteiger partial charge in [-0.1, -0.05) is 0 Å².